The Hall–Kier alpha value is -1.90. The van der Waals surface area contributed by atoms with Gasteiger partial charge in [0, 0.05) is 25.3 Å². The van der Waals surface area contributed by atoms with Crippen LogP contribution < -0.4 is 0 Å². The van der Waals surface area contributed by atoms with Crippen molar-refractivity contribution in [3.8, 4) is 12.3 Å². The van der Waals surface area contributed by atoms with Crippen LogP contribution >= 0.6 is 0 Å². The zero-order valence-electron chi connectivity index (χ0n) is 14.2. The highest BCUT2D eigenvalue weighted by Gasteiger charge is 2.26. The van der Waals surface area contributed by atoms with Gasteiger partial charge in [-0.15, -0.1) is 6.42 Å². The number of ether oxygens (including phenoxy) is 1. The first-order valence-corrected chi connectivity index (χ1v) is 7.99. The van der Waals surface area contributed by atoms with Gasteiger partial charge in [0.2, 0.25) is 5.91 Å². The number of nitrogens with zero attached hydrogens (tertiary/aromatic N) is 3. The van der Waals surface area contributed by atoms with Gasteiger partial charge in [-0.1, -0.05) is 12.0 Å². The van der Waals surface area contributed by atoms with Gasteiger partial charge in [-0.3, -0.25) is 14.7 Å². The molecular weight excluding hydrogens is 290 g/mol. The number of carbonyl (C=O) groups is 1. The molecule has 5 heteroatoms. The van der Waals surface area contributed by atoms with Gasteiger partial charge in [-0.05, 0) is 32.9 Å². The molecule has 1 aromatic heterocycles. The predicted octanol–water partition coefficient (Wildman–Crippen LogP) is 1.46. The van der Waals surface area contributed by atoms with Crippen molar-refractivity contribution in [1.82, 2.24) is 14.8 Å². The SMILES string of the molecule is C#CCN(CC(=O)N1C[C@H](C)O[C@@H](C)C1)Cc1cccc(C)n1. The maximum atomic E-state index is 12.6. The molecule has 0 spiro atoms. The first-order valence-electron chi connectivity index (χ1n) is 7.99. The summed E-state index contributed by atoms with van der Waals surface area (Å²) in [6.07, 6.45) is 5.60. The van der Waals surface area contributed by atoms with Crippen molar-refractivity contribution >= 4 is 5.91 Å². The van der Waals surface area contributed by atoms with Gasteiger partial charge in [0.1, 0.15) is 0 Å². The molecule has 0 saturated carbocycles. The Morgan fingerprint density at radius 2 is 2.13 bits per heavy atom. The fourth-order valence-electron chi connectivity index (χ4n) is 2.89. The van der Waals surface area contributed by atoms with Crippen molar-refractivity contribution in [2.45, 2.75) is 39.5 Å². The highest BCUT2D eigenvalue weighted by Crippen LogP contribution is 2.12. The van der Waals surface area contributed by atoms with Gasteiger partial charge in [0.05, 0.1) is 31.0 Å². The summed E-state index contributed by atoms with van der Waals surface area (Å²) in [6, 6.07) is 5.88. The molecule has 0 aliphatic carbocycles. The van der Waals surface area contributed by atoms with Crippen molar-refractivity contribution in [3.05, 3.63) is 29.6 Å². The van der Waals surface area contributed by atoms with Crippen LogP contribution in [-0.2, 0) is 16.1 Å². The van der Waals surface area contributed by atoms with Crippen molar-refractivity contribution in [1.29, 1.82) is 0 Å². The minimum absolute atomic E-state index is 0.0715. The molecule has 0 bridgehead atoms. The Kier molecular flexibility index (Phi) is 6.14. The summed E-state index contributed by atoms with van der Waals surface area (Å²) in [7, 11) is 0. The van der Waals surface area contributed by atoms with Gasteiger partial charge in [0.25, 0.3) is 0 Å². The number of rotatable bonds is 5. The molecule has 1 aromatic rings. The monoisotopic (exact) mass is 315 g/mol. The Morgan fingerprint density at radius 1 is 1.43 bits per heavy atom. The lowest BCUT2D eigenvalue weighted by molar-refractivity contribution is -0.144. The van der Waals surface area contributed by atoms with E-state index in [1.807, 2.05) is 48.8 Å². The van der Waals surface area contributed by atoms with E-state index < -0.39 is 0 Å². The van der Waals surface area contributed by atoms with Gasteiger partial charge in [-0.25, -0.2) is 0 Å². The second kappa shape index (κ2) is 8.09. The molecule has 5 nitrogen and oxygen atoms in total. The van der Waals surface area contributed by atoms with Crippen LogP contribution in [0.15, 0.2) is 18.2 Å². The lowest BCUT2D eigenvalue weighted by Crippen LogP contribution is -2.51. The fraction of sp³-hybridized carbons (Fsp3) is 0.556. The summed E-state index contributed by atoms with van der Waals surface area (Å²) in [4.78, 5) is 20.9. The average Bonchev–Trinajstić information content (AvgIpc) is 2.46. The highest BCUT2D eigenvalue weighted by molar-refractivity contribution is 5.78. The van der Waals surface area contributed by atoms with Crippen LogP contribution in [0.4, 0.5) is 0 Å². The van der Waals surface area contributed by atoms with E-state index in [2.05, 4.69) is 10.9 Å². The van der Waals surface area contributed by atoms with E-state index >= 15 is 0 Å². The van der Waals surface area contributed by atoms with Crippen LogP contribution in [0.3, 0.4) is 0 Å². The minimum Gasteiger partial charge on any atom is -0.372 e. The van der Waals surface area contributed by atoms with Crippen LogP contribution in [-0.4, -0.2) is 59.1 Å². The molecule has 0 N–H and O–H groups in total. The van der Waals surface area contributed by atoms with Gasteiger partial charge in [-0.2, -0.15) is 0 Å². The molecule has 1 amide bonds. The van der Waals surface area contributed by atoms with Crippen LogP contribution in [0.1, 0.15) is 25.2 Å². The number of carbonyl (C=O) groups excluding carboxylic acids is 1. The molecule has 2 rings (SSSR count). The molecule has 1 saturated heterocycles. The number of morpholine rings is 1. The summed E-state index contributed by atoms with van der Waals surface area (Å²) >= 11 is 0. The summed E-state index contributed by atoms with van der Waals surface area (Å²) in [6.45, 7) is 8.52. The molecule has 0 aromatic carbocycles. The second-order valence-electron chi connectivity index (χ2n) is 6.18. The largest absolute Gasteiger partial charge is 0.372 e. The minimum atomic E-state index is 0.0715. The zero-order chi connectivity index (χ0) is 16.8. The molecule has 1 fully saturated rings. The highest BCUT2D eigenvalue weighted by atomic mass is 16.5. The van der Waals surface area contributed by atoms with Crippen molar-refractivity contribution in [2.24, 2.45) is 0 Å². The maximum Gasteiger partial charge on any atom is 0.236 e. The van der Waals surface area contributed by atoms with Gasteiger partial charge >= 0.3 is 0 Å². The number of aromatic nitrogens is 1. The van der Waals surface area contributed by atoms with Crippen LogP contribution in [0.2, 0.25) is 0 Å². The zero-order valence-corrected chi connectivity index (χ0v) is 14.2. The van der Waals surface area contributed by atoms with Crippen molar-refractivity contribution in [2.75, 3.05) is 26.2 Å². The summed E-state index contributed by atoms with van der Waals surface area (Å²) in [5.41, 5.74) is 1.89. The van der Waals surface area contributed by atoms with Crippen LogP contribution in [0.25, 0.3) is 0 Å². The number of hydrogen-bond acceptors (Lipinski definition) is 4. The Labute approximate surface area is 138 Å². The first kappa shape index (κ1) is 17.5. The standard InChI is InChI=1S/C18H25N3O2/c1-5-9-20(12-17-8-6-7-14(2)19-17)13-18(22)21-10-15(3)23-16(4)11-21/h1,6-8,15-16H,9-13H2,2-4H3/t15-,16-/m0/s1. The molecule has 1 aliphatic rings. The molecule has 0 unspecified atom stereocenters. The third-order valence-corrected chi connectivity index (χ3v) is 3.78. The van der Waals surface area contributed by atoms with E-state index in [4.69, 9.17) is 11.2 Å². The molecular formula is C18H25N3O2. The van der Waals surface area contributed by atoms with E-state index in [1.54, 1.807) is 0 Å². The van der Waals surface area contributed by atoms with E-state index in [-0.39, 0.29) is 18.1 Å². The normalized spacial score (nSPS) is 21.3. The Bertz CT molecular complexity index is 572. The third-order valence-electron chi connectivity index (χ3n) is 3.78. The predicted molar refractivity (Wildman–Crippen MR) is 89.7 cm³/mol. The number of terminal acetylenes is 1. The second-order valence-corrected chi connectivity index (χ2v) is 6.18. The lowest BCUT2D eigenvalue weighted by atomic mass is 10.2. The van der Waals surface area contributed by atoms with Crippen molar-refractivity contribution in [3.63, 3.8) is 0 Å². The number of aryl methyl sites for hydroxylation is 1. The molecule has 2 atom stereocenters. The van der Waals surface area contributed by atoms with Crippen LogP contribution in [0.5, 0.6) is 0 Å². The van der Waals surface area contributed by atoms with Crippen molar-refractivity contribution < 1.29 is 9.53 Å². The molecule has 0 radical (unpaired) electrons. The van der Waals surface area contributed by atoms with E-state index in [0.717, 1.165) is 11.4 Å². The lowest BCUT2D eigenvalue weighted by Gasteiger charge is -2.36. The first-order chi connectivity index (χ1) is 11.0. The summed E-state index contributed by atoms with van der Waals surface area (Å²) in [5, 5.41) is 0. The van der Waals surface area contributed by atoms with Gasteiger partial charge in [0.15, 0.2) is 0 Å². The number of pyridine rings is 1. The Balaban J connectivity index is 1.98. The molecule has 2 heterocycles. The maximum absolute atomic E-state index is 12.6. The third kappa shape index (κ3) is 5.34. The average molecular weight is 315 g/mol. The Morgan fingerprint density at radius 3 is 2.74 bits per heavy atom. The van der Waals surface area contributed by atoms with E-state index in [1.165, 1.54) is 0 Å². The smallest absolute Gasteiger partial charge is 0.236 e. The van der Waals surface area contributed by atoms with E-state index in [0.29, 0.717) is 32.7 Å². The molecule has 1 aliphatic heterocycles. The number of hydrogen-bond donors (Lipinski definition) is 0. The van der Waals surface area contributed by atoms with E-state index in [9.17, 15) is 4.79 Å². The quantitative estimate of drug-likeness (QED) is 0.772. The molecule has 23 heavy (non-hydrogen) atoms. The number of amides is 1. The fourth-order valence-corrected chi connectivity index (χ4v) is 2.89. The van der Waals surface area contributed by atoms with Crippen LogP contribution in [0, 0.1) is 19.3 Å². The summed E-state index contributed by atoms with van der Waals surface area (Å²) in [5.74, 6) is 2.72. The molecule has 124 valence electrons. The summed E-state index contributed by atoms with van der Waals surface area (Å²) < 4.78 is 5.68. The van der Waals surface area contributed by atoms with Gasteiger partial charge < -0.3 is 9.64 Å². The topological polar surface area (TPSA) is 45.7 Å².